The van der Waals surface area contributed by atoms with Crippen molar-refractivity contribution in [3.05, 3.63) is 12.3 Å². The summed E-state index contributed by atoms with van der Waals surface area (Å²) in [7, 11) is 0. The number of anilines is 2. The molecule has 0 spiro atoms. The lowest BCUT2D eigenvalue weighted by Gasteiger charge is -1.99. The molecule has 0 saturated carbocycles. The maximum absolute atomic E-state index is 5.30. The summed E-state index contributed by atoms with van der Waals surface area (Å²) in [6, 6.07) is 1.65. The number of nitrogens with two attached hydrogens (primary N) is 1. The predicted octanol–water partition coefficient (Wildman–Crippen LogP) is 0.291. The van der Waals surface area contributed by atoms with Gasteiger partial charge in [0.05, 0.1) is 6.20 Å². The van der Waals surface area contributed by atoms with Crippen LogP contribution in [0.15, 0.2) is 6.07 Å². The molecule has 0 unspecified atom stereocenters. The van der Waals surface area contributed by atoms with Gasteiger partial charge >= 0.3 is 0 Å². The second-order valence-electron chi connectivity index (χ2n) is 1.77. The Labute approximate surface area is 59.5 Å². The topological polar surface area (TPSA) is 63.8 Å². The molecule has 3 N–H and O–H groups in total. The summed E-state index contributed by atoms with van der Waals surface area (Å²) in [5.74, 6) is 0.966. The molecule has 4 nitrogen and oxygen atoms in total. The summed E-state index contributed by atoms with van der Waals surface area (Å²) in [5.41, 5.74) is 5.30. The van der Waals surface area contributed by atoms with Crippen LogP contribution in [0.1, 0.15) is 6.92 Å². The lowest BCUT2D eigenvalue weighted by atomic mass is 10.5. The van der Waals surface area contributed by atoms with E-state index in [1.54, 1.807) is 6.07 Å². The molecule has 1 heterocycles. The lowest BCUT2D eigenvalue weighted by molar-refractivity contribution is 1.12. The maximum atomic E-state index is 5.30. The first-order chi connectivity index (χ1) is 4.83. The van der Waals surface area contributed by atoms with Crippen LogP contribution >= 0.6 is 0 Å². The van der Waals surface area contributed by atoms with E-state index < -0.39 is 0 Å². The van der Waals surface area contributed by atoms with Gasteiger partial charge in [-0.25, -0.2) is 4.98 Å². The third kappa shape index (κ3) is 1.58. The Balaban J connectivity index is 2.75. The van der Waals surface area contributed by atoms with Gasteiger partial charge in [-0.15, -0.1) is 0 Å². The minimum Gasteiger partial charge on any atom is -0.370 e. The van der Waals surface area contributed by atoms with E-state index in [-0.39, 0.29) is 5.95 Å². The van der Waals surface area contributed by atoms with Crippen LogP contribution in [0.4, 0.5) is 11.8 Å². The van der Waals surface area contributed by atoms with Gasteiger partial charge in [-0.2, -0.15) is 4.98 Å². The summed E-state index contributed by atoms with van der Waals surface area (Å²) in [4.78, 5) is 7.51. The van der Waals surface area contributed by atoms with Crippen LogP contribution in [-0.2, 0) is 0 Å². The monoisotopic (exact) mass is 137 g/mol. The molecule has 10 heavy (non-hydrogen) atoms. The summed E-state index contributed by atoms with van der Waals surface area (Å²) in [6.45, 7) is 2.81. The fourth-order valence-corrected chi connectivity index (χ4v) is 0.612. The summed E-state index contributed by atoms with van der Waals surface area (Å²) in [5, 5.41) is 2.99. The molecule has 0 aliphatic carbocycles. The molecule has 0 amide bonds. The molecule has 1 aromatic rings. The Bertz CT molecular complexity index is 211. The van der Waals surface area contributed by atoms with Gasteiger partial charge in [-0.1, -0.05) is 0 Å². The number of nitrogens with one attached hydrogen (secondary N) is 1. The maximum Gasteiger partial charge on any atom is 0.222 e. The van der Waals surface area contributed by atoms with Crippen LogP contribution in [0.5, 0.6) is 0 Å². The van der Waals surface area contributed by atoms with E-state index in [0.29, 0.717) is 0 Å². The molecule has 1 radical (unpaired) electrons. The minimum absolute atomic E-state index is 0.249. The third-order valence-electron chi connectivity index (χ3n) is 0.973. The fourth-order valence-electron chi connectivity index (χ4n) is 0.612. The Morgan fingerprint density at radius 2 is 2.60 bits per heavy atom. The molecule has 0 aliphatic heterocycles. The van der Waals surface area contributed by atoms with Crippen molar-refractivity contribution in [3.8, 4) is 0 Å². The average Bonchev–Trinajstić information content (AvgIpc) is 1.88. The van der Waals surface area contributed by atoms with Crippen LogP contribution in [-0.4, -0.2) is 16.5 Å². The van der Waals surface area contributed by atoms with E-state index in [9.17, 15) is 0 Å². The summed E-state index contributed by atoms with van der Waals surface area (Å²) < 4.78 is 0. The van der Waals surface area contributed by atoms with Gasteiger partial charge < -0.3 is 11.1 Å². The summed E-state index contributed by atoms with van der Waals surface area (Å²) in [6.07, 6.45) is 2.61. The van der Waals surface area contributed by atoms with Gasteiger partial charge in [0.1, 0.15) is 5.82 Å². The largest absolute Gasteiger partial charge is 0.370 e. The molecule has 0 bridgehead atoms. The highest BCUT2D eigenvalue weighted by atomic mass is 15.1. The van der Waals surface area contributed by atoms with Crippen molar-refractivity contribution in [3.63, 3.8) is 0 Å². The zero-order valence-corrected chi connectivity index (χ0v) is 5.76. The van der Waals surface area contributed by atoms with E-state index in [1.165, 1.54) is 0 Å². The molecule has 0 saturated heterocycles. The van der Waals surface area contributed by atoms with E-state index in [1.807, 2.05) is 6.92 Å². The second-order valence-corrected chi connectivity index (χ2v) is 1.77. The zero-order valence-electron chi connectivity index (χ0n) is 5.76. The number of hydrogen-bond donors (Lipinski definition) is 2. The number of nitrogen functional groups attached to an aromatic ring is 1. The zero-order chi connectivity index (χ0) is 7.40. The summed E-state index contributed by atoms with van der Waals surface area (Å²) >= 11 is 0. The average molecular weight is 137 g/mol. The Hall–Kier alpha value is -1.32. The molecule has 0 aliphatic rings. The van der Waals surface area contributed by atoms with Crippen molar-refractivity contribution in [1.29, 1.82) is 0 Å². The molecule has 0 atom stereocenters. The number of nitrogens with zero attached hydrogens (tertiary/aromatic N) is 2. The van der Waals surface area contributed by atoms with Crippen LogP contribution in [0.25, 0.3) is 0 Å². The van der Waals surface area contributed by atoms with Crippen LogP contribution in [0, 0.1) is 6.20 Å². The normalized spacial score (nSPS) is 9.30. The highest BCUT2D eigenvalue weighted by molar-refractivity contribution is 5.36. The van der Waals surface area contributed by atoms with Crippen LogP contribution < -0.4 is 11.1 Å². The fraction of sp³-hybridized carbons (Fsp3) is 0.333. The smallest absolute Gasteiger partial charge is 0.222 e. The van der Waals surface area contributed by atoms with E-state index in [4.69, 9.17) is 5.73 Å². The first-order valence-electron chi connectivity index (χ1n) is 3.07. The molecule has 0 aromatic carbocycles. The number of rotatable bonds is 2. The van der Waals surface area contributed by atoms with Crippen molar-refractivity contribution in [2.24, 2.45) is 0 Å². The van der Waals surface area contributed by atoms with Gasteiger partial charge in [0.25, 0.3) is 0 Å². The first kappa shape index (κ1) is 6.80. The van der Waals surface area contributed by atoms with E-state index >= 15 is 0 Å². The van der Waals surface area contributed by atoms with Crippen molar-refractivity contribution in [2.45, 2.75) is 6.92 Å². The molecule has 0 fully saturated rings. The second kappa shape index (κ2) is 3.00. The van der Waals surface area contributed by atoms with Gasteiger partial charge in [-0.3, -0.25) is 0 Å². The van der Waals surface area contributed by atoms with Gasteiger partial charge in [0.15, 0.2) is 0 Å². The Morgan fingerprint density at radius 3 is 3.20 bits per heavy atom. The molecule has 1 rings (SSSR count). The first-order valence-corrected chi connectivity index (χ1v) is 3.07. The highest BCUT2D eigenvalue weighted by Crippen LogP contribution is 2.00. The quantitative estimate of drug-likeness (QED) is 0.615. The van der Waals surface area contributed by atoms with Crippen LogP contribution in [0.2, 0.25) is 0 Å². The van der Waals surface area contributed by atoms with E-state index in [0.717, 1.165) is 12.4 Å². The Morgan fingerprint density at radius 1 is 1.80 bits per heavy atom. The van der Waals surface area contributed by atoms with Crippen molar-refractivity contribution < 1.29 is 0 Å². The van der Waals surface area contributed by atoms with Gasteiger partial charge in [-0.05, 0) is 6.92 Å². The SMILES string of the molecule is CCNc1c[c]nc(N)n1. The lowest BCUT2D eigenvalue weighted by Crippen LogP contribution is -2.02. The highest BCUT2D eigenvalue weighted by Gasteiger charge is 1.90. The van der Waals surface area contributed by atoms with E-state index in [2.05, 4.69) is 21.5 Å². The third-order valence-corrected chi connectivity index (χ3v) is 0.973. The number of hydrogen-bond acceptors (Lipinski definition) is 4. The van der Waals surface area contributed by atoms with Crippen LogP contribution in [0.3, 0.4) is 0 Å². The van der Waals surface area contributed by atoms with Crippen molar-refractivity contribution >= 4 is 11.8 Å². The molecular weight excluding hydrogens is 128 g/mol. The molecule has 1 aromatic heterocycles. The van der Waals surface area contributed by atoms with Crippen molar-refractivity contribution in [2.75, 3.05) is 17.6 Å². The van der Waals surface area contributed by atoms with Gasteiger partial charge in [0.2, 0.25) is 5.95 Å². The molecule has 4 heteroatoms. The van der Waals surface area contributed by atoms with Crippen molar-refractivity contribution in [1.82, 2.24) is 9.97 Å². The standard InChI is InChI=1S/C6H9N4/c1-2-8-5-3-4-9-6(7)10-5/h3H,2H2,1H3,(H3,7,8,9,10). The van der Waals surface area contributed by atoms with Gasteiger partial charge in [0, 0.05) is 12.6 Å². The predicted molar refractivity (Wildman–Crippen MR) is 39.4 cm³/mol. The molecular formula is C6H9N4. The number of aromatic nitrogens is 2. The minimum atomic E-state index is 0.249. The Kier molecular flexibility index (Phi) is 2.04. The molecule has 53 valence electrons.